The van der Waals surface area contributed by atoms with E-state index < -0.39 is 0 Å². The number of benzene rings is 2. The first-order chi connectivity index (χ1) is 14.6. The monoisotopic (exact) mass is 404 g/mol. The first kappa shape index (κ1) is 20.5. The number of nitrogens with one attached hydrogen (secondary N) is 1. The van der Waals surface area contributed by atoms with Crippen LogP contribution < -0.4 is 5.73 Å². The molecule has 1 aliphatic heterocycles. The van der Waals surface area contributed by atoms with Gasteiger partial charge in [0.2, 0.25) is 0 Å². The van der Waals surface area contributed by atoms with Crippen molar-refractivity contribution in [2.24, 2.45) is 4.99 Å². The smallest absolute Gasteiger partial charge is 0.198 e. The standard InChI is InChI=1S/C25H32N4O/c1-2-3-7-23(24-21-16-19(26)10-13-22(21)28-25(24)30)27-20-11-8-18(9-12-20)17-29-14-5-4-6-15-29/h8-13,16,28,30H,2-7,14-15,17,26H2,1H3. The molecule has 1 aliphatic rings. The highest BCUT2D eigenvalue weighted by Crippen LogP contribution is 2.32. The molecule has 1 aromatic heterocycles. The van der Waals surface area contributed by atoms with Gasteiger partial charge < -0.3 is 15.8 Å². The van der Waals surface area contributed by atoms with E-state index in [0.717, 1.165) is 53.7 Å². The molecule has 1 fully saturated rings. The fourth-order valence-electron chi connectivity index (χ4n) is 4.28. The van der Waals surface area contributed by atoms with Crippen molar-refractivity contribution < 1.29 is 5.11 Å². The molecule has 0 unspecified atom stereocenters. The molecule has 30 heavy (non-hydrogen) atoms. The summed E-state index contributed by atoms with van der Waals surface area (Å²) in [5.74, 6) is 0.159. The number of hydrogen-bond acceptors (Lipinski definition) is 4. The Morgan fingerprint density at radius 2 is 1.87 bits per heavy atom. The Bertz CT molecular complexity index is 1010. The van der Waals surface area contributed by atoms with Gasteiger partial charge in [-0.15, -0.1) is 0 Å². The van der Waals surface area contributed by atoms with Crippen molar-refractivity contribution in [2.45, 2.75) is 52.0 Å². The number of H-pyrrole nitrogens is 1. The molecule has 0 amide bonds. The molecule has 0 radical (unpaired) electrons. The molecule has 2 heterocycles. The van der Waals surface area contributed by atoms with Gasteiger partial charge in [0.05, 0.1) is 17.0 Å². The first-order valence-electron chi connectivity index (χ1n) is 11.1. The Hall–Kier alpha value is -2.79. The minimum absolute atomic E-state index is 0.159. The van der Waals surface area contributed by atoms with Gasteiger partial charge in [0, 0.05) is 23.1 Å². The van der Waals surface area contributed by atoms with Crippen LogP contribution in [0.1, 0.15) is 56.6 Å². The molecule has 0 bridgehead atoms. The van der Waals surface area contributed by atoms with Crippen molar-refractivity contribution in [2.75, 3.05) is 18.8 Å². The lowest BCUT2D eigenvalue weighted by atomic mass is 10.0. The average Bonchev–Trinajstić information content (AvgIpc) is 3.08. The molecular formula is C25H32N4O. The number of aromatic hydroxyl groups is 1. The second kappa shape index (κ2) is 9.35. The van der Waals surface area contributed by atoms with E-state index in [1.165, 1.54) is 37.9 Å². The maximum Gasteiger partial charge on any atom is 0.198 e. The zero-order chi connectivity index (χ0) is 20.9. The van der Waals surface area contributed by atoms with Gasteiger partial charge in [-0.25, -0.2) is 0 Å². The molecule has 0 saturated carbocycles. The van der Waals surface area contributed by atoms with Crippen molar-refractivity contribution in [1.29, 1.82) is 0 Å². The quantitative estimate of drug-likeness (QED) is 0.346. The zero-order valence-electron chi connectivity index (χ0n) is 17.8. The second-order valence-corrected chi connectivity index (χ2v) is 8.32. The largest absolute Gasteiger partial charge is 0.494 e. The molecule has 3 aromatic rings. The van der Waals surface area contributed by atoms with E-state index in [2.05, 4.69) is 41.1 Å². The van der Waals surface area contributed by atoms with Gasteiger partial charge >= 0.3 is 0 Å². The summed E-state index contributed by atoms with van der Waals surface area (Å²) in [6.45, 7) is 5.57. The van der Waals surface area contributed by atoms with Gasteiger partial charge in [-0.05, 0) is 74.7 Å². The summed E-state index contributed by atoms with van der Waals surface area (Å²) in [5.41, 5.74) is 11.5. The van der Waals surface area contributed by atoms with Crippen LogP contribution >= 0.6 is 0 Å². The number of nitrogen functional groups attached to an aromatic ring is 1. The number of rotatable bonds is 7. The summed E-state index contributed by atoms with van der Waals surface area (Å²) < 4.78 is 0. The van der Waals surface area contributed by atoms with E-state index in [1.54, 1.807) is 0 Å². The van der Waals surface area contributed by atoms with Crippen LogP contribution in [0, 0.1) is 0 Å². The van der Waals surface area contributed by atoms with Gasteiger partial charge in [-0.2, -0.15) is 0 Å². The topological polar surface area (TPSA) is 77.6 Å². The van der Waals surface area contributed by atoms with E-state index in [4.69, 9.17) is 10.7 Å². The molecule has 158 valence electrons. The molecule has 2 aromatic carbocycles. The highest BCUT2D eigenvalue weighted by Gasteiger charge is 2.17. The Kier molecular flexibility index (Phi) is 6.38. The number of hydrogen-bond donors (Lipinski definition) is 3. The van der Waals surface area contributed by atoms with Gasteiger partial charge in [0.1, 0.15) is 0 Å². The SMILES string of the molecule is CCCCC(=Nc1ccc(CN2CCCCC2)cc1)c1c(O)[nH]c2ccc(N)cc12. The van der Waals surface area contributed by atoms with Crippen LogP contribution in [-0.2, 0) is 6.54 Å². The number of unbranched alkanes of at least 4 members (excludes halogenated alkanes) is 1. The number of nitrogens with two attached hydrogens (primary N) is 1. The Morgan fingerprint density at radius 3 is 2.60 bits per heavy atom. The molecule has 1 saturated heterocycles. The lowest BCUT2D eigenvalue weighted by Crippen LogP contribution is -2.28. The van der Waals surface area contributed by atoms with Gasteiger partial charge in [-0.1, -0.05) is 31.9 Å². The number of nitrogens with zero attached hydrogens (tertiary/aromatic N) is 2. The van der Waals surface area contributed by atoms with E-state index in [9.17, 15) is 5.11 Å². The Balaban J connectivity index is 1.62. The van der Waals surface area contributed by atoms with Crippen LogP contribution in [0.15, 0.2) is 47.5 Å². The molecular weight excluding hydrogens is 372 g/mol. The lowest BCUT2D eigenvalue weighted by Gasteiger charge is -2.26. The van der Waals surface area contributed by atoms with Crippen LogP contribution in [0.4, 0.5) is 11.4 Å². The fraction of sp³-hybridized carbons (Fsp3) is 0.400. The number of piperidine rings is 1. The molecule has 0 atom stereocenters. The average molecular weight is 405 g/mol. The zero-order valence-corrected chi connectivity index (χ0v) is 17.8. The molecule has 0 spiro atoms. The minimum Gasteiger partial charge on any atom is -0.494 e. The second-order valence-electron chi connectivity index (χ2n) is 8.32. The third-order valence-corrected chi connectivity index (χ3v) is 5.91. The predicted octanol–water partition coefficient (Wildman–Crippen LogP) is 5.75. The molecule has 4 N–H and O–H groups in total. The van der Waals surface area contributed by atoms with Crippen LogP contribution in [0.2, 0.25) is 0 Å². The van der Waals surface area contributed by atoms with Crippen molar-refractivity contribution in [3.63, 3.8) is 0 Å². The van der Waals surface area contributed by atoms with Crippen LogP contribution in [-0.4, -0.2) is 33.8 Å². The third kappa shape index (κ3) is 4.68. The number of aromatic amines is 1. The molecule has 5 nitrogen and oxygen atoms in total. The maximum absolute atomic E-state index is 10.6. The third-order valence-electron chi connectivity index (χ3n) is 5.91. The maximum atomic E-state index is 10.6. The summed E-state index contributed by atoms with van der Waals surface area (Å²) >= 11 is 0. The molecule has 5 heteroatoms. The number of aromatic nitrogens is 1. The van der Waals surface area contributed by atoms with Crippen molar-refractivity contribution in [1.82, 2.24) is 9.88 Å². The number of likely N-dealkylation sites (tertiary alicyclic amines) is 1. The summed E-state index contributed by atoms with van der Waals surface area (Å²) in [6, 6.07) is 14.2. The minimum atomic E-state index is 0.159. The highest BCUT2D eigenvalue weighted by atomic mass is 16.3. The molecule has 0 aliphatic carbocycles. The van der Waals surface area contributed by atoms with Crippen LogP contribution in [0.25, 0.3) is 10.9 Å². The van der Waals surface area contributed by atoms with E-state index in [1.807, 2.05) is 18.2 Å². The summed E-state index contributed by atoms with van der Waals surface area (Å²) in [5, 5.41) is 11.5. The van der Waals surface area contributed by atoms with Gasteiger partial charge in [0.15, 0.2) is 5.88 Å². The fourth-order valence-corrected chi connectivity index (χ4v) is 4.28. The first-order valence-corrected chi connectivity index (χ1v) is 11.1. The summed E-state index contributed by atoms with van der Waals surface area (Å²) in [6.07, 6.45) is 6.86. The van der Waals surface area contributed by atoms with Crippen LogP contribution in [0.3, 0.4) is 0 Å². The number of aliphatic imine (C=N–C) groups is 1. The van der Waals surface area contributed by atoms with Crippen molar-refractivity contribution >= 4 is 28.0 Å². The van der Waals surface area contributed by atoms with Crippen molar-refractivity contribution in [3.8, 4) is 5.88 Å². The van der Waals surface area contributed by atoms with E-state index >= 15 is 0 Å². The molecule has 4 rings (SSSR count). The number of anilines is 1. The van der Waals surface area contributed by atoms with Gasteiger partial charge in [0.25, 0.3) is 0 Å². The number of fused-ring (bicyclic) bond motifs is 1. The predicted molar refractivity (Wildman–Crippen MR) is 126 cm³/mol. The van der Waals surface area contributed by atoms with Gasteiger partial charge in [-0.3, -0.25) is 9.89 Å². The highest BCUT2D eigenvalue weighted by molar-refractivity contribution is 6.14. The van der Waals surface area contributed by atoms with Crippen molar-refractivity contribution in [3.05, 3.63) is 53.6 Å². The normalized spacial score (nSPS) is 15.7. The Labute approximate surface area is 178 Å². The Morgan fingerprint density at radius 1 is 1.10 bits per heavy atom. The van der Waals surface area contributed by atoms with Crippen LogP contribution in [0.5, 0.6) is 5.88 Å². The van der Waals surface area contributed by atoms with E-state index in [0.29, 0.717) is 5.69 Å². The summed E-state index contributed by atoms with van der Waals surface area (Å²) in [4.78, 5) is 10.5. The lowest BCUT2D eigenvalue weighted by molar-refractivity contribution is 0.221. The summed E-state index contributed by atoms with van der Waals surface area (Å²) in [7, 11) is 0. The van der Waals surface area contributed by atoms with E-state index in [-0.39, 0.29) is 5.88 Å².